The molecule has 0 radical (unpaired) electrons. The van der Waals surface area contributed by atoms with Crippen LogP contribution in [0.2, 0.25) is 0 Å². The van der Waals surface area contributed by atoms with Crippen LogP contribution < -0.4 is 0 Å². The van der Waals surface area contributed by atoms with Crippen molar-refractivity contribution in [3.05, 3.63) is 148 Å². The zero-order valence-corrected chi connectivity index (χ0v) is 17.5. The molecule has 0 N–H and O–H groups in total. The Bertz CT molecular complexity index is 1200. The molecule has 0 aliphatic carbocycles. The lowest BCUT2D eigenvalue weighted by Crippen LogP contribution is -2.04. The van der Waals surface area contributed by atoms with Crippen LogP contribution in [0.15, 0.2) is 115 Å². The number of hydrogen-bond acceptors (Lipinski definition) is 0. The van der Waals surface area contributed by atoms with Gasteiger partial charge in [-0.05, 0) is 41.3 Å². The van der Waals surface area contributed by atoms with Gasteiger partial charge in [0.1, 0.15) is 0 Å². The summed E-state index contributed by atoms with van der Waals surface area (Å²) in [6.07, 6.45) is -4.37. The molecular weight excluding hydrogens is 405 g/mol. The van der Waals surface area contributed by atoms with Crippen LogP contribution in [0.1, 0.15) is 33.4 Å². The van der Waals surface area contributed by atoms with E-state index in [0.29, 0.717) is 5.56 Å². The maximum absolute atomic E-state index is 13.1. The molecule has 0 fully saturated rings. The van der Waals surface area contributed by atoms with Crippen LogP contribution in [-0.2, 0) is 6.18 Å². The highest BCUT2D eigenvalue weighted by Gasteiger charge is 2.30. The maximum atomic E-state index is 13.1. The van der Waals surface area contributed by atoms with Crippen LogP contribution in [0.3, 0.4) is 0 Å². The number of rotatable bonds is 4. The summed E-state index contributed by atoms with van der Waals surface area (Å²) >= 11 is 0. The average molecular weight is 426 g/mol. The summed E-state index contributed by atoms with van der Waals surface area (Å²) in [5, 5.41) is 0. The monoisotopic (exact) mass is 426 g/mol. The van der Waals surface area contributed by atoms with Gasteiger partial charge >= 0.3 is 6.18 Å². The van der Waals surface area contributed by atoms with E-state index in [4.69, 9.17) is 0 Å². The molecule has 0 nitrogen and oxygen atoms in total. The van der Waals surface area contributed by atoms with E-state index in [1.54, 1.807) is 0 Å². The molecule has 0 amide bonds. The largest absolute Gasteiger partial charge is 0.416 e. The van der Waals surface area contributed by atoms with E-state index in [1.165, 1.54) is 12.1 Å². The third-order valence-corrected chi connectivity index (χ3v) is 5.22. The second-order valence-corrected chi connectivity index (χ2v) is 7.55. The third kappa shape index (κ3) is 4.91. The molecule has 0 spiro atoms. The lowest BCUT2D eigenvalue weighted by molar-refractivity contribution is -0.137. The van der Waals surface area contributed by atoms with E-state index in [1.807, 2.05) is 91.9 Å². The Labute approximate surface area is 186 Å². The quantitative estimate of drug-likeness (QED) is 0.289. The van der Waals surface area contributed by atoms with E-state index in [-0.39, 0.29) is 0 Å². The van der Waals surface area contributed by atoms with Gasteiger partial charge in [-0.2, -0.15) is 13.2 Å². The average Bonchev–Trinajstić information content (AvgIpc) is 2.81. The lowest BCUT2D eigenvalue weighted by atomic mass is 9.93. The molecule has 0 atom stereocenters. The first-order valence-electron chi connectivity index (χ1n) is 10.3. The Kier molecular flexibility index (Phi) is 6.11. The van der Waals surface area contributed by atoms with Crippen LogP contribution >= 0.6 is 0 Å². The van der Waals surface area contributed by atoms with Gasteiger partial charge in [-0.1, -0.05) is 103 Å². The van der Waals surface area contributed by atoms with Crippen molar-refractivity contribution in [1.29, 1.82) is 0 Å². The van der Waals surface area contributed by atoms with E-state index in [2.05, 4.69) is 5.73 Å². The fraction of sp³-hybridized carbons (Fsp3) is 0.0690. The van der Waals surface area contributed by atoms with Crippen molar-refractivity contribution in [3.8, 4) is 0 Å². The summed E-state index contributed by atoms with van der Waals surface area (Å²) in [7, 11) is 0. The van der Waals surface area contributed by atoms with Crippen LogP contribution in [0.25, 0.3) is 11.1 Å². The topological polar surface area (TPSA) is 0 Å². The number of halogens is 3. The third-order valence-electron chi connectivity index (χ3n) is 5.22. The van der Waals surface area contributed by atoms with Gasteiger partial charge in [-0.15, -0.1) is 5.73 Å². The molecular formula is C29H21F3. The molecule has 158 valence electrons. The molecule has 0 heterocycles. The Morgan fingerprint density at radius 1 is 0.531 bits per heavy atom. The second kappa shape index (κ2) is 9.13. The van der Waals surface area contributed by atoms with Gasteiger partial charge in [0.05, 0.1) is 5.56 Å². The van der Waals surface area contributed by atoms with Crippen molar-refractivity contribution in [2.24, 2.45) is 0 Å². The number of aryl methyl sites for hydroxylation is 1. The van der Waals surface area contributed by atoms with Gasteiger partial charge in [0.25, 0.3) is 0 Å². The highest BCUT2D eigenvalue weighted by atomic mass is 19.4. The molecule has 4 aromatic carbocycles. The SMILES string of the molecule is Cc1ccc(C(=C=C(c2ccccc2)c2ccccc2)c2ccc(C(F)(F)F)cc2)cc1. The van der Waals surface area contributed by atoms with Crippen molar-refractivity contribution in [1.82, 2.24) is 0 Å². The highest BCUT2D eigenvalue weighted by Crippen LogP contribution is 2.32. The Hall–Kier alpha value is -3.81. The van der Waals surface area contributed by atoms with Gasteiger partial charge in [-0.25, -0.2) is 0 Å². The van der Waals surface area contributed by atoms with E-state index < -0.39 is 11.7 Å². The molecule has 0 aromatic heterocycles. The lowest BCUT2D eigenvalue weighted by Gasteiger charge is -2.12. The molecule has 4 aromatic rings. The van der Waals surface area contributed by atoms with Crippen molar-refractivity contribution in [2.45, 2.75) is 13.1 Å². The zero-order valence-electron chi connectivity index (χ0n) is 17.5. The predicted molar refractivity (Wildman–Crippen MR) is 124 cm³/mol. The molecule has 4 rings (SSSR count). The molecule has 0 bridgehead atoms. The van der Waals surface area contributed by atoms with E-state index >= 15 is 0 Å². The first-order valence-corrected chi connectivity index (χ1v) is 10.3. The van der Waals surface area contributed by atoms with Crippen molar-refractivity contribution in [3.63, 3.8) is 0 Å². The standard InChI is InChI=1S/C29H21F3/c1-21-12-14-24(15-13-21)28(25-16-18-26(19-17-25)29(30,31)32)20-27(22-8-4-2-5-9-22)23-10-6-3-7-11-23/h2-19H,1H3. The fourth-order valence-corrected chi connectivity index (χ4v) is 3.50. The summed E-state index contributed by atoms with van der Waals surface area (Å²) in [4.78, 5) is 0. The van der Waals surface area contributed by atoms with Crippen molar-refractivity contribution < 1.29 is 13.2 Å². The van der Waals surface area contributed by atoms with Crippen LogP contribution in [-0.4, -0.2) is 0 Å². The molecule has 0 saturated heterocycles. The van der Waals surface area contributed by atoms with E-state index in [9.17, 15) is 13.2 Å². The second-order valence-electron chi connectivity index (χ2n) is 7.55. The first-order chi connectivity index (χ1) is 15.4. The van der Waals surface area contributed by atoms with Crippen molar-refractivity contribution in [2.75, 3.05) is 0 Å². The predicted octanol–water partition coefficient (Wildman–Crippen LogP) is 8.18. The van der Waals surface area contributed by atoms with Crippen LogP contribution in [0.5, 0.6) is 0 Å². The van der Waals surface area contributed by atoms with Crippen molar-refractivity contribution >= 4 is 11.1 Å². The van der Waals surface area contributed by atoms with Gasteiger partial charge < -0.3 is 0 Å². The molecule has 0 unspecified atom stereocenters. The van der Waals surface area contributed by atoms with Gasteiger partial charge in [0, 0.05) is 11.1 Å². The summed E-state index contributed by atoms with van der Waals surface area (Å²) in [5.74, 6) is 0. The Balaban J connectivity index is 2.00. The summed E-state index contributed by atoms with van der Waals surface area (Å²) < 4.78 is 39.3. The Morgan fingerprint density at radius 2 is 0.906 bits per heavy atom. The maximum Gasteiger partial charge on any atom is 0.416 e. The molecule has 32 heavy (non-hydrogen) atoms. The minimum Gasteiger partial charge on any atom is -0.166 e. The molecule has 0 aliphatic heterocycles. The Morgan fingerprint density at radius 3 is 1.31 bits per heavy atom. The molecule has 3 heteroatoms. The fourth-order valence-electron chi connectivity index (χ4n) is 3.50. The summed E-state index contributed by atoms with van der Waals surface area (Å²) in [6, 6.07) is 33.0. The minimum absolute atomic E-state index is 0.667. The summed E-state index contributed by atoms with van der Waals surface area (Å²) in [6.45, 7) is 2.00. The number of hydrogen-bond donors (Lipinski definition) is 0. The highest BCUT2D eigenvalue weighted by molar-refractivity contribution is 5.88. The normalized spacial score (nSPS) is 11.0. The summed E-state index contributed by atoms with van der Waals surface area (Å²) in [5.41, 5.74) is 9.13. The number of alkyl halides is 3. The molecule has 0 aliphatic rings. The first kappa shape index (κ1) is 21.4. The molecule has 0 saturated carbocycles. The zero-order chi connectivity index (χ0) is 22.6. The van der Waals surface area contributed by atoms with E-state index in [0.717, 1.165) is 45.5 Å². The smallest absolute Gasteiger partial charge is 0.166 e. The minimum atomic E-state index is -4.37. The van der Waals surface area contributed by atoms with Crippen LogP contribution in [0, 0.1) is 6.92 Å². The van der Waals surface area contributed by atoms with Gasteiger partial charge in [0.2, 0.25) is 0 Å². The van der Waals surface area contributed by atoms with Gasteiger partial charge in [-0.3, -0.25) is 0 Å². The van der Waals surface area contributed by atoms with Gasteiger partial charge in [0.15, 0.2) is 0 Å². The number of benzene rings is 4. The van der Waals surface area contributed by atoms with Crippen LogP contribution in [0.4, 0.5) is 13.2 Å².